The van der Waals surface area contributed by atoms with Gasteiger partial charge < -0.3 is 10.1 Å². The number of hydrogen-bond acceptors (Lipinski definition) is 4. The highest BCUT2D eigenvalue weighted by Gasteiger charge is 2.25. The van der Waals surface area contributed by atoms with Crippen molar-refractivity contribution < 1.29 is 9.53 Å². The monoisotopic (exact) mass is 418 g/mol. The van der Waals surface area contributed by atoms with Crippen LogP contribution in [0.2, 0.25) is 0 Å². The third kappa shape index (κ3) is 4.79. The number of aryl methyl sites for hydroxylation is 1. The molecule has 0 saturated carbocycles. The van der Waals surface area contributed by atoms with Gasteiger partial charge in [0.15, 0.2) is 0 Å². The van der Waals surface area contributed by atoms with Crippen molar-refractivity contribution >= 4 is 34.1 Å². The minimum atomic E-state index is -0.0755. The van der Waals surface area contributed by atoms with Crippen LogP contribution in [0.5, 0.6) is 5.75 Å². The molecule has 0 spiro atoms. The van der Waals surface area contributed by atoms with E-state index in [2.05, 4.69) is 5.32 Å². The normalized spacial score (nSPS) is 13.4. The first-order valence-corrected chi connectivity index (χ1v) is 11.2. The van der Waals surface area contributed by atoms with Gasteiger partial charge in [-0.3, -0.25) is 4.79 Å². The highest BCUT2D eigenvalue weighted by Crippen LogP contribution is 2.40. The molecule has 1 amide bonds. The summed E-state index contributed by atoms with van der Waals surface area (Å²) < 4.78 is 5.70. The third-order valence-corrected chi connectivity index (χ3v) is 6.19. The van der Waals surface area contributed by atoms with Gasteiger partial charge in [0.25, 0.3) is 5.91 Å². The van der Waals surface area contributed by atoms with Gasteiger partial charge in [0.05, 0.1) is 11.7 Å². The minimum Gasteiger partial charge on any atom is -0.491 e. The molecule has 154 valence electrons. The molecule has 4 nitrogen and oxygen atoms in total. The van der Waals surface area contributed by atoms with Crippen LogP contribution in [0, 0.1) is 0 Å². The molecule has 0 fully saturated rings. The molecule has 2 aromatic carbocycles. The van der Waals surface area contributed by atoms with Crippen molar-refractivity contribution in [3.8, 4) is 5.75 Å². The first-order chi connectivity index (χ1) is 14.6. The molecule has 1 N–H and O–H groups in total. The molecule has 0 saturated heterocycles. The van der Waals surface area contributed by atoms with E-state index in [9.17, 15) is 4.79 Å². The highest BCUT2D eigenvalue weighted by atomic mass is 32.1. The summed E-state index contributed by atoms with van der Waals surface area (Å²) in [5.74, 6) is 0.769. The van der Waals surface area contributed by atoms with Gasteiger partial charge in [-0.15, -0.1) is 11.3 Å². The Morgan fingerprint density at radius 3 is 2.53 bits per heavy atom. The third-order valence-electron chi connectivity index (χ3n) is 4.99. The van der Waals surface area contributed by atoms with E-state index in [0.717, 1.165) is 46.8 Å². The number of benzene rings is 2. The van der Waals surface area contributed by atoms with E-state index in [1.807, 2.05) is 74.7 Å². The standard InChI is InChI=1S/C25H26N2O2S/c1-17(2)29-20-14-12-18(13-15-20)16-26-25-23(21-10-6-7-11-22(21)30-25)24(28)27-19-8-4-3-5-9-19/h3-5,8-9,12-17H,6-7,10-11H2,1-2H3,(H,27,28). The summed E-state index contributed by atoms with van der Waals surface area (Å²) in [5, 5.41) is 3.83. The van der Waals surface area contributed by atoms with Crippen molar-refractivity contribution in [1.82, 2.24) is 0 Å². The maximum atomic E-state index is 13.1. The number of para-hydroxylation sites is 1. The number of aliphatic imine (C=N–C) groups is 1. The maximum absolute atomic E-state index is 13.1. The second-order valence-corrected chi connectivity index (χ2v) is 8.79. The Morgan fingerprint density at radius 2 is 1.80 bits per heavy atom. The minimum absolute atomic E-state index is 0.0755. The first kappa shape index (κ1) is 20.4. The van der Waals surface area contributed by atoms with Crippen LogP contribution in [0.15, 0.2) is 59.6 Å². The van der Waals surface area contributed by atoms with Gasteiger partial charge in [-0.1, -0.05) is 18.2 Å². The molecule has 0 bridgehead atoms. The van der Waals surface area contributed by atoms with Crippen molar-refractivity contribution in [2.24, 2.45) is 4.99 Å². The molecule has 0 unspecified atom stereocenters. The van der Waals surface area contributed by atoms with E-state index in [0.29, 0.717) is 0 Å². The molecule has 30 heavy (non-hydrogen) atoms. The number of ether oxygens (including phenoxy) is 1. The number of hydrogen-bond donors (Lipinski definition) is 1. The average Bonchev–Trinajstić information content (AvgIpc) is 3.12. The van der Waals surface area contributed by atoms with Crippen LogP contribution in [0.3, 0.4) is 0 Å². The zero-order valence-corrected chi connectivity index (χ0v) is 18.2. The van der Waals surface area contributed by atoms with Crippen LogP contribution in [0.1, 0.15) is 53.1 Å². The Labute approximate surface area is 181 Å². The summed E-state index contributed by atoms with van der Waals surface area (Å²) in [6, 6.07) is 17.5. The van der Waals surface area contributed by atoms with Crippen molar-refractivity contribution in [3.05, 3.63) is 76.2 Å². The molecule has 0 aliphatic heterocycles. The molecule has 0 radical (unpaired) electrons. The quantitative estimate of drug-likeness (QED) is 0.470. The predicted molar refractivity (Wildman–Crippen MR) is 125 cm³/mol. The summed E-state index contributed by atoms with van der Waals surface area (Å²) >= 11 is 1.65. The van der Waals surface area contributed by atoms with Crippen molar-refractivity contribution in [2.45, 2.75) is 45.6 Å². The molecule has 1 aliphatic carbocycles. The summed E-state index contributed by atoms with van der Waals surface area (Å²) in [4.78, 5) is 19.2. The molecule has 3 aromatic rings. The number of nitrogens with one attached hydrogen (secondary N) is 1. The van der Waals surface area contributed by atoms with Gasteiger partial charge in [-0.05, 0) is 87.1 Å². The second-order valence-electron chi connectivity index (χ2n) is 7.71. The van der Waals surface area contributed by atoms with Crippen molar-refractivity contribution in [1.29, 1.82) is 0 Å². The fourth-order valence-corrected chi connectivity index (χ4v) is 4.86. The van der Waals surface area contributed by atoms with E-state index in [-0.39, 0.29) is 12.0 Å². The molecular weight excluding hydrogens is 392 g/mol. The molecule has 1 aromatic heterocycles. The molecule has 4 rings (SSSR count). The summed E-state index contributed by atoms with van der Waals surface area (Å²) in [5.41, 5.74) is 3.68. The zero-order chi connectivity index (χ0) is 20.9. The van der Waals surface area contributed by atoms with Crippen molar-refractivity contribution in [3.63, 3.8) is 0 Å². The molecule has 1 aliphatic rings. The van der Waals surface area contributed by atoms with E-state index in [1.165, 1.54) is 16.9 Å². The summed E-state index contributed by atoms with van der Waals surface area (Å²) in [6.45, 7) is 4.02. The van der Waals surface area contributed by atoms with Gasteiger partial charge in [0.2, 0.25) is 0 Å². The Bertz CT molecular complexity index is 1040. The zero-order valence-electron chi connectivity index (χ0n) is 17.4. The van der Waals surface area contributed by atoms with Gasteiger partial charge >= 0.3 is 0 Å². The van der Waals surface area contributed by atoms with Crippen LogP contribution in [-0.4, -0.2) is 18.2 Å². The van der Waals surface area contributed by atoms with Gasteiger partial charge in [-0.2, -0.15) is 0 Å². The Hall–Kier alpha value is -2.92. The Balaban J connectivity index is 1.60. The van der Waals surface area contributed by atoms with Crippen LogP contribution in [0.4, 0.5) is 10.7 Å². The number of amides is 1. The number of carbonyl (C=O) groups is 1. The Kier molecular flexibility index (Phi) is 6.29. The average molecular weight is 419 g/mol. The lowest BCUT2D eigenvalue weighted by Gasteiger charge is -2.12. The highest BCUT2D eigenvalue weighted by molar-refractivity contribution is 7.16. The van der Waals surface area contributed by atoms with E-state index in [4.69, 9.17) is 9.73 Å². The SMILES string of the molecule is CC(C)Oc1ccc(C=Nc2sc3c(c2C(=O)Nc2ccccc2)CCCC3)cc1. The maximum Gasteiger partial charge on any atom is 0.259 e. The lowest BCUT2D eigenvalue weighted by molar-refractivity contribution is 0.102. The number of thiophene rings is 1. The van der Waals surface area contributed by atoms with Gasteiger partial charge in [0, 0.05) is 16.8 Å². The van der Waals surface area contributed by atoms with Crippen molar-refractivity contribution in [2.75, 3.05) is 5.32 Å². The van der Waals surface area contributed by atoms with E-state index < -0.39 is 0 Å². The topological polar surface area (TPSA) is 50.7 Å². The molecule has 0 atom stereocenters. The number of rotatable bonds is 6. The van der Waals surface area contributed by atoms with E-state index in [1.54, 1.807) is 11.3 Å². The molecular formula is C25H26N2O2S. The number of anilines is 1. The predicted octanol–water partition coefficient (Wildman–Crippen LogP) is 6.42. The number of fused-ring (bicyclic) bond motifs is 1. The molecule has 5 heteroatoms. The summed E-state index contributed by atoms with van der Waals surface area (Å²) in [7, 11) is 0. The van der Waals surface area contributed by atoms with Gasteiger partial charge in [0.1, 0.15) is 10.8 Å². The largest absolute Gasteiger partial charge is 0.491 e. The lowest BCUT2D eigenvalue weighted by Crippen LogP contribution is -2.14. The summed E-state index contributed by atoms with van der Waals surface area (Å²) in [6.07, 6.45) is 6.24. The lowest BCUT2D eigenvalue weighted by atomic mass is 9.95. The number of nitrogens with zero attached hydrogens (tertiary/aromatic N) is 1. The number of carbonyl (C=O) groups excluding carboxylic acids is 1. The fourth-order valence-electron chi connectivity index (χ4n) is 3.63. The second kappa shape index (κ2) is 9.26. The first-order valence-electron chi connectivity index (χ1n) is 10.4. The van der Waals surface area contributed by atoms with Crippen LogP contribution >= 0.6 is 11.3 Å². The molecule has 1 heterocycles. The van der Waals surface area contributed by atoms with Gasteiger partial charge in [-0.25, -0.2) is 4.99 Å². The Morgan fingerprint density at radius 1 is 1.07 bits per heavy atom. The van der Waals surface area contributed by atoms with E-state index >= 15 is 0 Å². The fraction of sp³-hybridized carbons (Fsp3) is 0.280. The smallest absolute Gasteiger partial charge is 0.259 e. The van der Waals surface area contributed by atoms with Crippen LogP contribution in [-0.2, 0) is 12.8 Å². The van der Waals surface area contributed by atoms with Crippen LogP contribution < -0.4 is 10.1 Å². The van der Waals surface area contributed by atoms with Crippen LogP contribution in [0.25, 0.3) is 0 Å².